The Kier molecular flexibility index (Phi) is 2.41. The lowest BCUT2D eigenvalue weighted by atomic mass is 10.2. The molecule has 104 valence electrons. The van der Waals surface area contributed by atoms with E-state index in [4.69, 9.17) is 0 Å². The summed E-state index contributed by atoms with van der Waals surface area (Å²) in [6.07, 6.45) is 7.36. The van der Waals surface area contributed by atoms with Crippen LogP contribution in [0.1, 0.15) is 17.8 Å². The molecule has 0 bridgehead atoms. The molecular formula is C13H14N4O2S. The number of aryl methyl sites for hydroxylation is 1. The molecule has 2 aliphatic rings. The number of hydrogen-bond donors (Lipinski definition) is 0. The topological polar surface area (TPSA) is 68.1 Å². The van der Waals surface area contributed by atoms with Gasteiger partial charge in [-0.05, 0) is 24.5 Å². The zero-order chi connectivity index (χ0) is 13.7. The van der Waals surface area contributed by atoms with Gasteiger partial charge in [-0.15, -0.1) is 0 Å². The van der Waals surface area contributed by atoms with Crippen molar-refractivity contribution in [1.29, 1.82) is 0 Å². The minimum atomic E-state index is -3.54. The van der Waals surface area contributed by atoms with Crippen molar-refractivity contribution in [3.8, 4) is 0 Å². The van der Waals surface area contributed by atoms with Gasteiger partial charge >= 0.3 is 0 Å². The summed E-state index contributed by atoms with van der Waals surface area (Å²) in [6, 6.07) is 1.88. The Morgan fingerprint density at radius 3 is 2.95 bits per heavy atom. The smallest absolute Gasteiger partial charge is 0.281 e. The number of hydrogen-bond acceptors (Lipinski definition) is 4. The Morgan fingerprint density at radius 2 is 2.05 bits per heavy atom. The highest BCUT2D eigenvalue weighted by Gasteiger charge is 2.34. The van der Waals surface area contributed by atoms with Gasteiger partial charge in [-0.3, -0.25) is 9.29 Å². The summed E-state index contributed by atoms with van der Waals surface area (Å²) >= 11 is 0. The molecule has 0 unspecified atom stereocenters. The first-order valence-electron chi connectivity index (χ1n) is 6.68. The molecule has 4 rings (SSSR count). The summed E-state index contributed by atoms with van der Waals surface area (Å²) in [4.78, 5) is 8.28. The monoisotopic (exact) mass is 290 g/mol. The zero-order valence-electron chi connectivity index (χ0n) is 10.9. The molecule has 6 nitrogen and oxygen atoms in total. The summed E-state index contributed by atoms with van der Waals surface area (Å²) in [5.41, 5.74) is 1.73. The van der Waals surface area contributed by atoms with Gasteiger partial charge in [0.2, 0.25) is 0 Å². The maximum Gasteiger partial charge on any atom is 0.281 e. The SMILES string of the molecule is O=S(=O)(c1cnc2n1CCC2)N1CCc2ccncc21. The van der Waals surface area contributed by atoms with Crippen molar-refractivity contribution in [2.75, 3.05) is 10.8 Å². The van der Waals surface area contributed by atoms with Crippen molar-refractivity contribution < 1.29 is 8.42 Å². The van der Waals surface area contributed by atoms with E-state index >= 15 is 0 Å². The van der Waals surface area contributed by atoms with E-state index in [1.54, 1.807) is 12.4 Å². The molecule has 0 amide bonds. The molecule has 7 heteroatoms. The molecule has 0 aliphatic carbocycles. The third-order valence-electron chi connectivity index (χ3n) is 3.98. The molecule has 0 saturated heterocycles. The van der Waals surface area contributed by atoms with E-state index in [9.17, 15) is 8.42 Å². The molecule has 0 aromatic carbocycles. The highest BCUT2D eigenvalue weighted by molar-refractivity contribution is 7.92. The first-order valence-corrected chi connectivity index (χ1v) is 8.12. The van der Waals surface area contributed by atoms with Crippen LogP contribution in [0, 0.1) is 0 Å². The van der Waals surface area contributed by atoms with Gasteiger partial charge in [-0.25, -0.2) is 4.98 Å². The normalized spacial score (nSPS) is 17.3. The van der Waals surface area contributed by atoms with E-state index in [1.807, 2.05) is 10.6 Å². The van der Waals surface area contributed by atoms with Crippen LogP contribution in [-0.4, -0.2) is 29.5 Å². The van der Waals surface area contributed by atoms with Gasteiger partial charge in [0.25, 0.3) is 10.0 Å². The number of rotatable bonds is 2. The van der Waals surface area contributed by atoms with Gasteiger partial charge in [-0.1, -0.05) is 0 Å². The Hall–Kier alpha value is -1.89. The summed E-state index contributed by atoms with van der Waals surface area (Å²) in [5.74, 6) is 0.870. The van der Waals surface area contributed by atoms with Crippen LogP contribution in [0.4, 0.5) is 5.69 Å². The van der Waals surface area contributed by atoms with E-state index in [-0.39, 0.29) is 0 Å². The number of nitrogens with zero attached hydrogens (tertiary/aromatic N) is 4. The number of sulfonamides is 1. The molecule has 0 radical (unpaired) electrons. The first-order chi connectivity index (χ1) is 9.68. The molecular weight excluding hydrogens is 276 g/mol. The van der Waals surface area contributed by atoms with Crippen LogP contribution in [0.5, 0.6) is 0 Å². The molecule has 0 N–H and O–H groups in total. The van der Waals surface area contributed by atoms with Crippen LogP contribution < -0.4 is 4.31 Å². The molecule has 2 aromatic rings. The van der Waals surface area contributed by atoms with Crippen LogP contribution in [0.25, 0.3) is 0 Å². The van der Waals surface area contributed by atoms with Gasteiger partial charge in [0.1, 0.15) is 5.82 Å². The second-order valence-corrected chi connectivity index (χ2v) is 6.91. The highest BCUT2D eigenvalue weighted by atomic mass is 32.2. The van der Waals surface area contributed by atoms with E-state index in [0.29, 0.717) is 17.3 Å². The lowest BCUT2D eigenvalue weighted by molar-refractivity contribution is 0.574. The van der Waals surface area contributed by atoms with Gasteiger partial charge in [0, 0.05) is 25.7 Å². The van der Waals surface area contributed by atoms with Crippen LogP contribution >= 0.6 is 0 Å². The van der Waals surface area contributed by atoms with Crippen LogP contribution in [0.15, 0.2) is 29.7 Å². The number of pyridine rings is 1. The van der Waals surface area contributed by atoms with Crippen molar-refractivity contribution in [2.24, 2.45) is 0 Å². The van der Waals surface area contributed by atoms with Crippen LogP contribution in [0.3, 0.4) is 0 Å². The minimum absolute atomic E-state index is 0.307. The molecule has 2 aliphatic heterocycles. The average molecular weight is 290 g/mol. The van der Waals surface area contributed by atoms with E-state index in [2.05, 4.69) is 9.97 Å². The van der Waals surface area contributed by atoms with Crippen molar-refractivity contribution >= 4 is 15.7 Å². The summed E-state index contributed by atoms with van der Waals surface area (Å²) < 4.78 is 29.0. The predicted octanol–water partition coefficient (Wildman–Crippen LogP) is 0.976. The molecule has 2 aromatic heterocycles. The lowest BCUT2D eigenvalue weighted by Gasteiger charge is -2.19. The van der Waals surface area contributed by atoms with Gasteiger partial charge in [0.05, 0.1) is 18.1 Å². The Bertz CT molecular complexity index is 781. The Balaban J connectivity index is 1.82. The molecule has 0 fully saturated rings. The van der Waals surface area contributed by atoms with E-state index in [0.717, 1.165) is 37.2 Å². The standard InChI is InChI=1S/C13H14N4O2S/c18-20(19,13-9-15-12-2-1-6-16(12)13)17-7-4-10-3-5-14-8-11(10)17/h3,5,8-9H,1-2,4,6-7H2. The fraction of sp³-hybridized carbons (Fsp3) is 0.385. The Morgan fingerprint density at radius 1 is 1.15 bits per heavy atom. The molecule has 0 atom stereocenters. The maximum absolute atomic E-state index is 12.9. The third-order valence-corrected chi connectivity index (χ3v) is 5.79. The van der Waals surface area contributed by atoms with E-state index in [1.165, 1.54) is 10.5 Å². The van der Waals surface area contributed by atoms with E-state index < -0.39 is 10.0 Å². The highest BCUT2D eigenvalue weighted by Crippen LogP contribution is 2.33. The molecule has 0 saturated carbocycles. The molecule has 20 heavy (non-hydrogen) atoms. The Labute approximate surface area is 117 Å². The van der Waals surface area contributed by atoms with Crippen molar-refractivity contribution in [2.45, 2.75) is 30.8 Å². The maximum atomic E-state index is 12.9. The second-order valence-electron chi connectivity index (χ2n) is 5.10. The van der Waals surface area contributed by atoms with Gasteiger partial charge < -0.3 is 4.57 Å². The van der Waals surface area contributed by atoms with Crippen molar-refractivity contribution in [3.05, 3.63) is 36.0 Å². The number of imidazole rings is 1. The average Bonchev–Trinajstić information content (AvgIpc) is 3.13. The first kappa shape index (κ1) is 11.9. The number of fused-ring (bicyclic) bond motifs is 2. The largest absolute Gasteiger partial charge is 0.318 e. The second kappa shape index (κ2) is 4.05. The number of aromatic nitrogens is 3. The van der Waals surface area contributed by atoms with Crippen LogP contribution in [0.2, 0.25) is 0 Å². The molecule has 4 heterocycles. The predicted molar refractivity (Wildman–Crippen MR) is 73.0 cm³/mol. The van der Waals surface area contributed by atoms with Gasteiger partial charge in [-0.2, -0.15) is 8.42 Å². The molecule has 0 spiro atoms. The summed E-state index contributed by atoms with van der Waals surface area (Å²) in [7, 11) is -3.54. The minimum Gasteiger partial charge on any atom is -0.318 e. The lowest BCUT2D eigenvalue weighted by Crippen LogP contribution is -2.30. The third kappa shape index (κ3) is 1.53. The van der Waals surface area contributed by atoms with Crippen LogP contribution in [-0.2, 0) is 29.4 Å². The van der Waals surface area contributed by atoms with Crippen molar-refractivity contribution in [3.63, 3.8) is 0 Å². The summed E-state index contributed by atoms with van der Waals surface area (Å²) in [5, 5.41) is 0.307. The van der Waals surface area contributed by atoms with Crippen molar-refractivity contribution in [1.82, 2.24) is 14.5 Å². The summed E-state index contributed by atoms with van der Waals surface area (Å²) in [6.45, 7) is 1.21. The number of anilines is 1. The van der Waals surface area contributed by atoms with Gasteiger partial charge in [0.15, 0.2) is 5.03 Å². The fourth-order valence-corrected chi connectivity index (χ4v) is 4.63. The quantitative estimate of drug-likeness (QED) is 0.826. The zero-order valence-corrected chi connectivity index (χ0v) is 11.7. The fourth-order valence-electron chi connectivity index (χ4n) is 2.99.